The summed E-state index contributed by atoms with van der Waals surface area (Å²) in [7, 11) is 1.43. The van der Waals surface area contributed by atoms with E-state index in [2.05, 4.69) is 5.10 Å². The van der Waals surface area contributed by atoms with Crippen molar-refractivity contribution in [2.45, 2.75) is 50.7 Å². The molecule has 1 aliphatic heterocycles. The minimum atomic E-state index is -4.45. The summed E-state index contributed by atoms with van der Waals surface area (Å²) in [5.41, 5.74) is -0.388. The maximum Gasteiger partial charge on any atom is 0.416 e. The van der Waals surface area contributed by atoms with Gasteiger partial charge in [-0.3, -0.25) is 4.79 Å². The highest BCUT2D eigenvalue weighted by molar-refractivity contribution is 5.95. The Bertz CT molecular complexity index is 892. The number of alkyl halides is 3. The minimum absolute atomic E-state index is 0.149. The van der Waals surface area contributed by atoms with Crippen molar-refractivity contribution in [3.05, 3.63) is 41.7 Å². The second kappa shape index (κ2) is 7.72. The number of rotatable bonds is 3. The Hall–Kier alpha value is -2.51. The molecule has 2 atom stereocenters. The third-order valence-electron chi connectivity index (χ3n) is 6.05. The van der Waals surface area contributed by atoms with Crippen LogP contribution in [0.15, 0.2) is 30.5 Å². The van der Waals surface area contributed by atoms with Gasteiger partial charge in [-0.05, 0) is 49.8 Å². The number of hydrogen-bond acceptors (Lipinski definition) is 3. The summed E-state index contributed by atoms with van der Waals surface area (Å²) in [5.74, 6) is 0.590. The van der Waals surface area contributed by atoms with E-state index in [0.29, 0.717) is 12.5 Å². The Morgan fingerprint density at radius 1 is 1.17 bits per heavy atom. The molecule has 2 aliphatic rings. The second-order valence-electron chi connectivity index (χ2n) is 7.79. The van der Waals surface area contributed by atoms with Gasteiger partial charge in [0.15, 0.2) is 11.4 Å². The number of carbonyl (C=O) groups excluding carboxylic acids is 1. The van der Waals surface area contributed by atoms with Crippen molar-refractivity contribution >= 4 is 5.91 Å². The SMILES string of the molecule is COc1cn(-c2cccc(C(F)(F)F)c2)nc1C(=O)N1CCCC2CCCCC21. The molecule has 2 heterocycles. The van der Waals surface area contributed by atoms with Gasteiger partial charge in [0.05, 0.1) is 24.6 Å². The first-order valence-electron chi connectivity index (χ1n) is 10.0. The van der Waals surface area contributed by atoms with Crippen LogP contribution in [-0.2, 0) is 6.18 Å². The lowest BCUT2D eigenvalue weighted by atomic mass is 9.78. The van der Waals surface area contributed by atoms with E-state index in [1.807, 2.05) is 4.90 Å². The van der Waals surface area contributed by atoms with Crippen LogP contribution in [0, 0.1) is 5.92 Å². The molecule has 1 saturated carbocycles. The number of nitrogens with zero attached hydrogens (tertiary/aromatic N) is 3. The largest absolute Gasteiger partial charge is 0.493 e. The highest BCUT2D eigenvalue weighted by atomic mass is 19.4. The van der Waals surface area contributed by atoms with Crippen LogP contribution >= 0.6 is 0 Å². The molecule has 1 amide bonds. The number of methoxy groups -OCH3 is 1. The van der Waals surface area contributed by atoms with E-state index in [4.69, 9.17) is 4.74 Å². The van der Waals surface area contributed by atoms with E-state index in [1.165, 1.54) is 36.5 Å². The van der Waals surface area contributed by atoms with Crippen LogP contribution < -0.4 is 4.74 Å². The zero-order valence-corrected chi connectivity index (χ0v) is 16.3. The van der Waals surface area contributed by atoms with Gasteiger partial charge in [0.25, 0.3) is 5.91 Å². The van der Waals surface area contributed by atoms with E-state index in [9.17, 15) is 18.0 Å². The number of likely N-dealkylation sites (tertiary alicyclic amines) is 1. The van der Waals surface area contributed by atoms with Crippen LogP contribution in [-0.4, -0.2) is 40.3 Å². The summed E-state index contributed by atoms with van der Waals surface area (Å²) in [6.07, 6.45) is 3.57. The van der Waals surface area contributed by atoms with Crippen LogP contribution in [0.5, 0.6) is 5.75 Å². The van der Waals surface area contributed by atoms with Crippen LogP contribution in [0.2, 0.25) is 0 Å². The smallest absolute Gasteiger partial charge is 0.416 e. The van der Waals surface area contributed by atoms with E-state index in [-0.39, 0.29) is 29.1 Å². The zero-order chi connectivity index (χ0) is 20.6. The zero-order valence-electron chi connectivity index (χ0n) is 16.3. The number of aromatic nitrogens is 2. The van der Waals surface area contributed by atoms with Crippen molar-refractivity contribution in [2.75, 3.05) is 13.7 Å². The van der Waals surface area contributed by atoms with Crippen LogP contribution in [0.1, 0.15) is 54.6 Å². The second-order valence-corrected chi connectivity index (χ2v) is 7.79. The van der Waals surface area contributed by atoms with Gasteiger partial charge >= 0.3 is 6.18 Å². The molecule has 156 valence electrons. The molecule has 8 heteroatoms. The normalized spacial score (nSPS) is 22.3. The van der Waals surface area contributed by atoms with Gasteiger partial charge in [0.1, 0.15) is 0 Å². The quantitative estimate of drug-likeness (QED) is 0.741. The average Bonchev–Trinajstić information content (AvgIpc) is 3.17. The van der Waals surface area contributed by atoms with Gasteiger partial charge in [-0.1, -0.05) is 18.9 Å². The van der Waals surface area contributed by atoms with Crippen molar-refractivity contribution < 1.29 is 22.7 Å². The lowest BCUT2D eigenvalue weighted by molar-refractivity contribution is -0.137. The molecule has 4 rings (SSSR count). The Morgan fingerprint density at radius 2 is 1.93 bits per heavy atom. The molecule has 1 aromatic carbocycles. The fourth-order valence-corrected chi connectivity index (χ4v) is 4.63. The van der Waals surface area contributed by atoms with Crippen LogP contribution in [0.3, 0.4) is 0 Å². The van der Waals surface area contributed by atoms with Gasteiger partial charge < -0.3 is 9.64 Å². The third-order valence-corrected chi connectivity index (χ3v) is 6.05. The fraction of sp³-hybridized carbons (Fsp3) is 0.524. The highest BCUT2D eigenvalue weighted by Crippen LogP contribution is 2.37. The van der Waals surface area contributed by atoms with E-state index in [1.54, 1.807) is 0 Å². The number of carbonyl (C=O) groups is 1. The molecular weight excluding hydrogens is 383 g/mol. The lowest BCUT2D eigenvalue weighted by Gasteiger charge is -2.43. The van der Waals surface area contributed by atoms with Gasteiger partial charge in [-0.2, -0.15) is 18.3 Å². The topological polar surface area (TPSA) is 47.4 Å². The van der Waals surface area contributed by atoms with Crippen molar-refractivity contribution in [3.8, 4) is 11.4 Å². The first-order valence-corrected chi connectivity index (χ1v) is 10.0. The molecule has 1 aliphatic carbocycles. The van der Waals surface area contributed by atoms with E-state index >= 15 is 0 Å². The maximum atomic E-state index is 13.3. The summed E-state index contributed by atoms with van der Waals surface area (Å²) in [4.78, 5) is 15.2. The number of hydrogen-bond donors (Lipinski definition) is 0. The number of piperidine rings is 1. The Morgan fingerprint density at radius 3 is 2.69 bits per heavy atom. The van der Waals surface area contributed by atoms with Gasteiger partial charge in [0.2, 0.25) is 0 Å². The maximum absolute atomic E-state index is 13.3. The molecule has 0 bridgehead atoms. The summed E-state index contributed by atoms with van der Waals surface area (Å²) in [6, 6.07) is 5.08. The molecule has 0 radical (unpaired) electrons. The lowest BCUT2D eigenvalue weighted by Crippen LogP contribution is -2.49. The molecule has 5 nitrogen and oxygen atoms in total. The number of benzene rings is 1. The minimum Gasteiger partial charge on any atom is -0.493 e. The summed E-state index contributed by atoms with van der Waals surface area (Å²) in [6.45, 7) is 0.680. The molecule has 2 fully saturated rings. The number of fused-ring (bicyclic) bond motifs is 1. The number of ether oxygens (including phenoxy) is 1. The van der Waals surface area contributed by atoms with Gasteiger partial charge in [-0.25, -0.2) is 4.68 Å². The Labute approximate surface area is 167 Å². The van der Waals surface area contributed by atoms with Crippen LogP contribution in [0.4, 0.5) is 13.2 Å². The molecular formula is C21H24F3N3O2. The summed E-state index contributed by atoms with van der Waals surface area (Å²) >= 11 is 0. The van der Waals surface area contributed by atoms with E-state index < -0.39 is 11.7 Å². The molecule has 2 unspecified atom stereocenters. The molecule has 0 N–H and O–H groups in total. The first kappa shape index (κ1) is 19.8. The molecule has 0 spiro atoms. The Balaban J connectivity index is 1.65. The molecule has 2 aromatic rings. The predicted octanol–water partition coefficient (Wildman–Crippen LogP) is 4.69. The van der Waals surface area contributed by atoms with Gasteiger partial charge in [-0.15, -0.1) is 0 Å². The standard InChI is InChI=1S/C21H24F3N3O2/c1-29-18-13-27(16-9-4-8-15(12-16)21(22,23)24)25-19(18)20(28)26-11-5-7-14-6-2-3-10-17(14)26/h4,8-9,12-14,17H,2-3,5-7,10-11H2,1H3. The number of amides is 1. The summed E-state index contributed by atoms with van der Waals surface area (Å²) < 4.78 is 45.8. The van der Waals surface area contributed by atoms with Crippen molar-refractivity contribution in [1.82, 2.24) is 14.7 Å². The Kier molecular flexibility index (Phi) is 5.27. The van der Waals surface area contributed by atoms with E-state index in [0.717, 1.165) is 44.2 Å². The summed E-state index contributed by atoms with van der Waals surface area (Å²) in [5, 5.41) is 4.32. The predicted molar refractivity (Wildman–Crippen MR) is 101 cm³/mol. The highest BCUT2D eigenvalue weighted by Gasteiger charge is 2.38. The average molecular weight is 407 g/mol. The molecule has 29 heavy (non-hydrogen) atoms. The first-order chi connectivity index (χ1) is 13.9. The monoisotopic (exact) mass is 407 g/mol. The van der Waals surface area contributed by atoms with Crippen molar-refractivity contribution in [3.63, 3.8) is 0 Å². The van der Waals surface area contributed by atoms with Crippen LogP contribution in [0.25, 0.3) is 5.69 Å². The third kappa shape index (κ3) is 3.84. The van der Waals surface area contributed by atoms with Crippen molar-refractivity contribution in [1.29, 1.82) is 0 Å². The van der Waals surface area contributed by atoms with Gasteiger partial charge in [0, 0.05) is 12.6 Å². The molecule has 1 saturated heterocycles. The number of halogens is 3. The van der Waals surface area contributed by atoms with Crippen molar-refractivity contribution in [2.24, 2.45) is 5.92 Å². The fourth-order valence-electron chi connectivity index (χ4n) is 4.63. The molecule has 1 aromatic heterocycles.